The molecule has 0 bridgehead atoms. The first-order valence-corrected chi connectivity index (χ1v) is 30.0. The Hall–Kier alpha value is -4.87. The predicted molar refractivity (Wildman–Crippen MR) is 307 cm³/mol. The van der Waals surface area contributed by atoms with Crippen molar-refractivity contribution in [3.63, 3.8) is 0 Å². The molecule has 452 valence electrons. The van der Waals surface area contributed by atoms with Gasteiger partial charge in [0.15, 0.2) is 5.78 Å². The van der Waals surface area contributed by atoms with Crippen molar-refractivity contribution in [1.29, 1.82) is 0 Å². The molecule has 2 aromatic rings. The number of aliphatic hydroxyl groups is 1. The highest BCUT2D eigenvalue weighted by Gasteiger charge is 2.40. The van der Waals surface area contributed by atoms with Crippen molar-refractivity contribution >= 4 is 45.4 Å². The summed E-state index contributed by atoms with van der Waals surface area (Å²) in [6.07, 6.45) is 3.53. The van der Waals surface area contributed by atoms with E-state index < -0.39 is 81.4 Å². The number of amides is 5. The van der Waals surface area contributed by atoms with Gasteiger partial charge in [-0.05, 0) is 109 Å². The number of nitrogens with zero attached hydrogens (tertiary/aromatic N) is 1. The first-order valence-electron chi connectivity index (χ1n) is 28.5. The summed E-state index contributed by atoms with van der Waals surface area (Å²) in [5.41, 5.74) is -1.50. The normalized spacial score (nSPS) is 15.8. The van der Waals surface area contributed by atoms with E-state index in [-0.39, 0.29) is 74.3 Å². The molecule has 2 aromatic carbocycles. The molecule has 5 amide bonds. The van der Waals surface area contributed by atoms with Gasteiger partial charge in [0, 0.05) is 46.2 Å². The molecule has 5 atom stereocenters. The Morgan fingerprint density at radius 1 is 0.662 bits per heavy atom. The van der Waals surface area contributed by atoms with Gasteiger partial charge in [0.1, 0.15) is 30.3 Å². The van der Waals surface area contributed by atoms with Gasteiger partial charge in [0.05, 0.1) is 56.0 Å². The van der Waals surface area contributed by atoms with Crippen LogP contribution in [0.15, 0.2) is 60.7 Å². The number of carbonyl (C=O) groups excluding carboxylic acids is 6. The number of aryl methyl sites for hydroxylation is 1. The minimum atomic E-state index is -4.23. The molecular formula is C59H96N6O14S. The van der Waals surface area contributed by atoms with Crippen LogP contribution in [0, 0.1) is 11.8 Å². The van der Waals surface area contributed by atoms with Crippen LogP contribution in [0.5, 0.6) is 0 Å². The zero-order valence-corrected chi connectivity index (χ0v) is 50.2. The third-order valence-electron chi connectivity index (χ3n) is 13.7. The van der Waals surface area contributed by atoms with E-state index in [1.807, 2.05) is 90.6 Å². The molecule has 0 radical (unpaired) electrons. The molecule has 80 heavy (non-hydrogen) atoms. The van der Waals surface area contributed by atoms with Gasteiger partial charge in [-0.15, -0.1) is 0 Å². The van der Waals surface area contributed by atoms with Crippen molar-refractivity contribution in [2.75, 3.05) is 78.7 Å². The molecule has 0 aliphatic carbocycles. The Morgan fingerprint density at radius 2 is 1.20 bits per heavy atom. The standard InChI is InChI=1S/C59H96N6O14S/c1-43(2)38-48(53(68)59(9,72)42-79-80(73,74)37-19-13-18-24-51(66)60-29-34-78-58(7,8)28-33-77-57(5,6)27-32-75-10)62-56(71)50(40-46-22-16-12-17-23-46)64-55(70)49(39-44(3)4)63-54(69)47(26-25-45-20-14-11-15-21-45)61-52(67)41-65-30-35-76-36-31-65/h11-12,14-17,20-23,43-44,47-50,72H,13,18-19,24-42H2,1-10H3,(H,60,66)(H,61,67)(H,62,71)(H,63,69)(H,64,70)/t47-,48-,49-,50-,59+/m0/s1. The van der Waals surface area contributed by atoms with Crippen molar-refractivity contribution in [3.8, 4) is 0 Å². The molecule has 0 spiro atoms. The number of unbranched alkanes of at least 4 members (excludes halogenated alkanes) is 2. The monoisotopic (exact) mass is 1140 g/mol. The topological polar surface area (TPSA) is 266 Å². The fourth-order valence-electron chi connectivity index (χ4n) is 8.83. The van der Waals surface area contributed by atoms with Gasteiger partial charge in [0.25, 0.3) is 10.1 Å². The summed E-state index contributed by atoms with van der Waals surface area (Å²) in [6, 6.07) is 13.7. The fourth-order valence-corrected chi connectivity index (χ4v) is 9.92. The van der Waals surface area contributed by atoms with Crippen LogP contribution >= 0.6 is 0 Å². The van der Waals surface area contributed by atoms with E-state index in [0.29, 0.717) is 83.9 Å². The zero-order valence-electron chi connectivity index (χ0n) is 49.4. The Morgan fingerprint density at radius 3 is 1.81 bits per heavy atom. The maximum Gasteiger partial charge on any atom is 0.267 e. The highest BCUT2D eigenvalue weighted by Crippen LogP contribution is 2.21. The summed E-state index contributed by atoms with van der Waals surface area (Å²) in [7, 11) is -2.57. The molecule has 1 aliphatic heterocycles. The van der Waals surface area contributed by atoms with Crippen LogP contribution in [0.1, 0.15) is 131 Å². The van der Waals surface area contributed by atoms with Crippen molar-refractivity contribution in [1.82, 2.24) is 31.5 Å². The summed E-state index contributed by atoms with van der Waals surface area (Å²) < 4.78 is 53.8. The molecule has 3 rings (SSSR count). The van der Waals surface area contributed by atoms with Crippen LogP contribution in [-0.4, -0.2) is 173 Å². The van der Waals surface area contributed by atoms with Crippen molar-refractivity contribution in [2.45, 2.75) is 174 Å². The Balaban J connectivity index is 1.62. The molecule has 21 heteroatoms. The minimum Gasteiger partial charge on any atom is -0.385 e. The van der Waals surface area contributed by atoms with Crippen molar-refractivity contribution in [3.05, 3.63) is 71.8 Å². The molecule has 0 saturated carbocycles. The van der Waals surface area contributed by atoms with E-state index in [9.17, 15) is 42.3 Å². The van der Waals surface area contributed by atoms with Gasteiger partial charge >= 0.3 is 0 Å². The summed E-state index contributed by atoms with van der Waals surface area (Å²) in [5, 5.41) is 25.6. The Kier molecular flexibility index (Phi) is 30.5. The van der Waals surface area contributed by atoms with Crippen LogP contribution in [0.25, 0.3) is 0 Å². The second-order valence-electron chi connectivity index (χ2n) is 23.2. The third kappa shape index (κ3) is 28.7. The van der Waals surface area contributed by atoms with Crippen LogP contribution in [0.3, 0.4) is 0 Å². The van der Waals surface area contributed by atoms with E-state index in [4.69, 9.17) is 23.1 Å². The lowest BCUT2D eigenvalue weighted by molar-refractivity contribution is -0.143. The lowest BCUT2D eigenvalue weighted by Crippen LogP contribution is -2.60. The summed E-state index contributed by atoms with van der Waals surface area (Å²) >= 11 is 0. The third-order valence-corrected chi connectivity index (χ3v) is 14.9. The van der Waals surface area contributed by atoms with Gasteiger partial charge < -0.3 is 50.6 Å². The molecule has 1 heterocycles. The highest BCUT2D eigenvalue weighted by atomic mass is 32.2. The number of morpholine rings is 1. The predicted octanol–water partition coefficient (Wildman–Crippen LogP) is 4.59. The van der Waals surface area contributed by atoms with E-state index in [0.717, 1.165) is 18.9 Å². The molecular weight excluding hydrogens is 1050 g/mol. The molecule has 0 aromatic heterocycles. The zero-order chi connectivity index (χ0) is 59.4. The number of ketones is 1. The van der Waals surface area contributed by atoms with Crippen molar-refractivity contribution in [2.24, 2.45) is 11.8 Å². The number of methoxy groups -OCH3 is 1. The Bertz CT molecular complexity index is 2290. The largest absolute Gasteiger partial charge is 0.385 e. The smallest absolute Gasteiger partial charge is 0.267 e. The number of hydrogen-bond acceptors (Lipinski definition) is 15. The van der Waals surface area contributed by atoms with Crippen LogP contribution in [-0.2, 0) is 74.9 Å². The van der Waals surface area contributed by atoms with Gasteiger partial charge in [-0.25, -0.2) is 0 Å². The van der Waals surface area contributed by atoms with Crippen LogP contribution in [0.4, 0.5) is 0 Å². The van der Waals surface area contributed by atoms with E-state index in [1.165, 1.54) is 0 Å². The fraction of sp³-hybridized carbons (Fsp3) is 0.695. The number of nitrogens with one attached hydrogen (secondary N) is 5. The van der Waals surface area contributed by atoms with Crippen LogP contribution < -0.4 is 26.6 Å². The number of hydrogen-bond donors (Lipinski definition) is 6. The lowest BCUT2D eigenvalue weighted by atomic mass is 9.90. The molecule has 1 fully saturated rings. The van der Waals surface area contributed by atoms with Crippen LogP contribution in [0.2, 0.25) is 0 Å². The number of carbonyl (C=O) groups is 6. The average molecular weight is 1150 g/mol. The van der Waals surface area contributed by atoms with Gasteiger partial charge in [0.2, 0.25) is 29.5 Å². The number of benzene rings is 2. The summed E-state index contributed by atoms with van der Waals surface area (Å²) in [4.78, 5) is 85.0. The van der Waals surface area contributed by atoms with Gasteiger partial charge in [-0.1, -0.05) is 94.8 Å². The number of ether oxygens (including phenoxy) is 4. The SMILES string of the molecule is COCCC(C)(C)OCCC(C)(C)OCCNC(=O)CCCCCS(=O)(=O)OC[C@@](C)(O)C(=O)[C@H](CC(C)C)NC(=O)[C@H](Cc1ccccc1)NC(=O)[C@H](CC(C)C)NC(=O)[C@H](CCc1ccccc1)NC(=O)CN1CCOCC1. The average Bonchev–Trinajstić information content (AvgIpc) is 3.39. The second-order valence-corrected chi connectivity index (χ2v) is 25.0. The lowest BCUT2D eigenvalue weighted by Gasteiger charge is -2.30. The number of Topliss-reactive ketones (excluding diaryl/α,β-unsaturated/α-hetero) is 1. The van der Waals surface area contributed by atoms with E-state index in [2.05, 4.69) is 26.6 Å². The molecule has 1 aliphatic rings. The maximum absolute atomic E-state index is 14.4. The van der Waals surface area contributed by atoms with E-state index >= 15 is 0 Å². The van der Waals surface area contributed by atoms with Crippen molar-refractivity contribution < 1.29 is 65.4 Å². The Labute approximate surface area is 476 Å². The quantitative estimate of drug-likeness (QED) is 0.0394. The summed E-state index contributed by atoms with van der Waals surface area (Å²) in [5.74, 6) is -4.12. The maximum atomic E-state index is 14.4. The van der Waals surface area contributed by atoms with Gasteiger partial charge in [-0.3, -0.25) is 37.9 Å². The number of rotatable bonds is 40. The minimum absolute atomic E-state index is 0.0112. The van der Waals surface area contributed by atoms with Gasteiger partial charge in [-0.2, -0.15) is 8.42 Å². The first kappa shape index (κ1) is 69.4. The molecule has 0 unspecified atom stereocenters. The highest BCUT2D eigenvalue weighted by molar-refractivity contribution is 7.86. The second kappa shape index (κ2) is 35.2. The first-order chi connectivity index (χ1) is 37.7. The summed E-state index contributed by atoms with van der Waals surface area (Å²) in [6.45, 7) is 19.5. The molecule has 20 nitrogen and oxygen atoms in total. The molecule has 6 N–H and O–H groups in total. The molecule has 1 saturated heterocycles. The van der Waals surface area contributed by atoms with E-state index in [1.54, 1.807) is 37.4 Å².